The van der Waals surface area contributed by atoms with E-state index in [1.54, 1.807) is 0 Å². The maximum absolute atomic E-state index is 12.4. The predicted molar refractivity (Wildman–Crippen MR) is 90.1 cm³/mol. The molecular weight excluding hydrogens is 290 g/mol. The van der Waals surface area contributed by atoms with Gasteiger partial charge in [0.15, 0.2) is 6.10 Å². The van der Waals surface area contributed by atoms with E-state index in [1.807, 2.05) is 60.7 Å². The lowest BCUT2D eigenvalue weighted by Crippen LogP contribution is -2.33. The lowest BCUT2D eigenvalue weighted by atomic mass is 9.96. The van der Waals surface area contributed by atoms with Crippen LogP contribution in [0.15, 0.2) is 60.7 Å². The average molecular weight is 313 g/mol. The highest BCUT2D eigenvalue weighted by Gasteiger charge is 2.21. The minimum absolute atomic E-state index is 0.0819. The number of rotatable bonds is 8. The van der Waals surface area contributed by atoms with E-state index in [0.717, 1.165) is 11.1 Å². The van der Waals surface area contributed by atoms with E-state index in [0.29, 0.717) is 13.0 Å². The minimum atomic E-state index is -0.623. The Kier molecular flexibility index (Phi) is 6.78. The SMILES string of the molecule is COC(C(=O)NCC(CCO)c1ccccc1)c1ccccc1. The van der Waals surface area contributed by atoms with Crippen LogP contribution in [0.2, 0.25) is 0 Å². The Hall–Kier alpha value is -2.17. The summed E-state index contributed by atoms with van der Waals surface area (Å²) < 4.78 is 5.33. The molecule has 2 rings (SSSR count). The molecule has 0 bridgehead atoms. The molecule has 2 N–H and O–H groups in total. The Morgan fingerprint density at radius 1 is 1.04 bits per heavy atom. The molecule has 0 heterocycles. The summed E-state index contributed by atoms with van der Waals surface area (Å²) in [5.74, 6) is -0.0870. The highest BCUT2D eigenvalue weighted by atomic mass is 16.5. The fourth-order valence-corrected chi connectivity index (χ4v) is 2.61. The molecule has 0 fully saturated rings. The zero-order valence-electron chi connectivity index (χ0n) is 13.3. The van der Waals surface area contributed by atoms with Crippen LogP contribution in [0.25, 0.3) is 0 Å². The predicted octanol–water partition coefficient (Wildman–Crippen LogP) is 2.66. The third kappa shape index (κ3) is 4.91. The summed E-state index contributed by atoms with van der Waals surface area (Å²) in [5.41, 5.74) is 1.93. The van der Waals surface area contributed by atoms with Crippen molar-refractivity contribution < 1.29 is 14.6 Å². The van der Waals surface area contributed by atoms with Crippen molar-refractivity contribution in [3.05, 3.63) is 71.8 Å². The van der Waals surface area contributed by atoms with E-state index < -0.39 is 6.10 Å². The third-order valence-corrected chi connectivity index (χ3v) is 3.85. The maximum atomic E-state index is 12.4. The Bertz CT molecular complexity index is 586. The first kappa shape index (κ1) is 17.2. The van der Waals surface area contributed by atoms with Gasteiger partial charge in [0, 0.05) is 26.2 Å². The summed E-state index contributed by atoms with van der Waals surface area (Å²) in [6.07, 6.45) is -0.0189. The molecule has 0 aliphatic carbocycles. The van der Waals surface area contributed by atoms with Crippen LogP contribution in [0.1, 0.15) is 29.6 Å². The average Bonchev–Trinajstić information content (AvgIpc) is 2.61. The summed E-state index contributed by atoms with van der Waals surface area (Å²) in [6, 6.07) is 19.3. The number of carbonyl (C=O) groups excluding carboxylic acids is 1. The monoisotopic (exact) mass is 313 g/mol. The number of methoxy groups -OCH3 is 1. The van der Waals surface area contributed by atoms with E-state index in [4.69, 9.17) is 4.74 Å². The Morgan fingerprint density at radius 2 is 1.61 bits per heavy atom. The number of aliphatic hydroxyl groups is 1. The zero-order chi connectivity index (χ0) is 16.5. The zero-order valence-corrected chi connectivity index (χ0v) is 13.3. The smallest absolute Gasteiger partial charge is 0.253 e. The van der Waals surface area contributed by atoms with Crippen molar-refractivity contribution in [2.75, 3.05) is 20.3 Å². The molecule has 0 saturated heterocycles. The van der Waals surface area contributed by atoms with Crippen LogP contribution in [0.3, 0.4) is 0 Å². The standard InChI is InChI=1S/C19H23NO3/c1-23-18(16-10-6-3-7-11-16)19(22)20-14-17(12-13-21)15-8-4-2-5-9-15/h2-11,17-18,21H,12-14H2,1H3,(H,20,22). The van der Waals surface area contributed by atoms with Gasteiger partial charge in [-0.2, -0.15) is 0 Å². The molecule has 1 amide bonds. The highest BCUT2D eigenvalue weighted by molar-refractivity contribution is 5.82. The molecule has 122 valence electrons. The molecule has 2 aromatic carbocycles. The number of amides is 1. The first-order valence-electron chi connectivity index (χ1n) is 7.77. The third-order valence-electron chi connectivity index (χ3n) is 3.85. The number of aliphatic hydroxyl groups excluding tert-OH is 1. The van der Waals surface area contributed by atoms with Gasteiger partial charge in [0.2, 0.25) is 0 Å². The lowest BCUT2D eigenvalue weighted by molar-refractivity contribution is -0.131. The first-order chi connectivity index (χ1) is 11.3. The molecule has 0 spiro atoms. The minimum Gasteiger partial charge on any atom is -0.396 e. The van der Waals surface area contributed by atoms with Crippen LogP contribution in [0.5, 0.6) is 0 Å². The van der Waals surface area contributed by atoms with E-state index in [2.05, 4.69) is 5.32 Å². The van der Waals surface area contributed by atoms with Crippen molar-refractivity contribution in [2.45, 2.75) is 18.4 Å². The van der Waals surface area contributed by atoms with Gasteiger partial charge in [-0.3, -0.25) is 4.79 Å². The second-order valence-electron chi connectivity index (χ2n) is 5.39. The summed E-state index contributed by atoms with van der Waals surface area (Å²) in [7, 11) is 1.53. The fraction of sp³-hybridized carbons (Fsp3) is 0.316. The van der Waals surface area contributed by atoms with Gasteiger partial charge in [0.05, 0.1) is 0 Å². The van der Waals surface area contributed by atoms with Gasteiger partial charge in [-0.05, 0) is 17.5 Å². The van der Waals surface area contributed by atoms with Crippen LogP contribution in [-0.2, 0) is 9.53 Å². The van der Waals surface area contributed by atoms with Crippen molar-refractivity contribution in [3.63, 3.8) is 0 Å². The van der Waals surface area contributed by atoms with E-state index >= 15 is 0 Å². The number of ether oxygens (including phenoxy) is 1. The van der Waals surface area contributed by atoms with Crippen molar-refractivity contribution >= 4 is 5.91 Å². The molecular formula is C19H23NO3. The van der Waals surface area contributed by atoms with Crippen LogP contribution in [-0.4, -0.2) is 31.3 Å². The largest absolute Gasteiger partial charge is 0.396 e. The molecule has 2 aromatic rings. The molecule has 2 unspecified atom stereocenters. The lowest BCUT2D eigenvalue weighted by Gasteiger charge is -2.20. The molecule has 0 radical (unpaired) electrons. The second-order valence-corrected chi connectivity index (χ2v) is 5.39. The molecule has 2 atom stereocenters. The topological polar surface area (TPSA) is 58.6 Å². The van der Waals surface area contributed by atoms with Gasteiger partial charge in [-0.25, -0.2) is 0 Å². The number of hydrogen-bond donors (Lipinski definition) is 2. The fourth-order valence-electron chi connectivity index (χ4n) is 2.61. The Labute approximate surface area is 137 Å². The maximum Gasteiger partial charge on any atom is 0.253 e. The van der Waals surface area contributed by atoms with Crippen LogP contribution >= 0.6 is 0 Å². The number of hydrogen-bond acceptors (Lipinski definition) is 3. The van der Waals surface area contributed by atoms with Gasteiger partial charge in [-0.1, -0.05) is 60.7 Å². The van der Waals surface area contributed by atoms with Crippen molar-refractivity contribution in [1.82, 2.24) is 5.32 Å². The number of benzene rings is 2. The van der Waals surface area contributed by atoms with Crippen molar-refractivity contribution in [1.29, 1.82) is 0 Å². The summed E-state index contributed by atoms with van der Waals surface area (Å²) >= 11 is 0. The van der Waals surface area contributed by atoms with Gasteiger partial charge in [-0.15, -0.1) is 0 Å². The Balaban J connectivity index is 2.00. The molecule has 23 heavy (non-hydrogen) atoms. The van der Waals surface area contributed by atoms with Crippen LogP contribution in [0, 0.1) is 0 Å². The Morgan fingerprint density at radius 3 is 2.13 bits per heavy atom. The summed E-state index contributed by atoms with van der Waals surface area (Å²) in [4.78, 5) is 12.4. The van der Waals surface area contributed by atoms with Gasteiger partial charge in [0.25, 0.3) is 5.91 Å². The van der Waals surface area contributed by atoms with E-state index in [9.17, 15) is 9.90 Å². The van der Waals surface area contributed by atoms with Gasteiger partial charge < -0.3 is 15.2 Å². The molecule has 4 heteroatoms. The quantitative estimate of drug-likeness (QED) is 0.788. The van der Waals surface area contributed by atoms with Crippen molar-refractivity contribution in [3.8, 4) is 0 Å². The van der Waals surface area contributed by atoms with E-state index in [-0.39, 0.29) is 18.4 Å². The second kappa shape index (κ2) is 9.08. The number of carbonyl (C=O) groups is 1. The van der Waals surface area contributed by atoms with Crippen molar-refractivity contribution in [2.24, 2.45) is 0 Å². The molecule has 0 aromatic heterocycles. The molecule has 0 saturated carbocycles. The van der Waals surface area contributed by atoms with Gasteiger partial charge >= 0.3 is 0 Å². The summed E-state index contributed by atoms with van der Waals surface area (Å²) in [5, 5.41) is 12.2. The van der Waals surface area contributed by atoms with Crippen LogP contribution in [0.4, 0.5) is 0 Å². The normalized spacial score (nSPS) is 13.3. The summed E-state index contributed by atoms with van der Waals surface area (Å²) in [6.45, 7) is 0.553. The molecule has 0 aliphatic heterocycles. The molecule has 4 nitrogen and oxygen atoms in total. The first-order valence-corrected chi connectivity index (χ1v) is 7.77. The van der Waals surface area contributed by atoms with E-state index in [1.165, 1.54) is 7.11 Å². The number of nitrogens with one attached hydrogen (secondary N) is 1. The van der Waals surface area contributed by atoms with Crippen LogP contribution < -0.4 is 5.32 Å². The highest BCUT2D eigenvalue weighted by Crippen LogP contribution is 2.20. The van der Waals surface area contributed by atoms with Gasteiger partial charge in [0.1, 0.15) is 0 Å². The molecule has 0 aliphatic rings.